The molecule has 0 radical (unpaired) electrons. The van der Waals surface area contributed by atoms with Gasteiger partial charge < -0.3 is 14.8 Å². The van der Waals surface area contributed by atoms with Crippen molar-refractivity contribution in [2.45, 2.75) is 40.7 Å². The summed E-state index contributed by atoms with van der Waals surface area (Å²) < 4.78 is 6.29. The molecule has 3 aromatic rings. The van der Waals surface area contributed by atoms with E-state index in [-0.39, 0.29) is 17.0 Å². The summed E-state index contributed by atoms with van der Waals surface area (Å²) in [6.45, 7) is 12.8. The number of aliphatic carboxylic acids is 1. The minimum absolute atomic E-state index is 0.117. The van der Waals surface area contributed by atoms with Gasteiger partial charge in [0.15, 0.2) is 11.2 Å². The largest absolute Gasteiger partial charge is 0.478 e. The molecule has 2 aromatic heterocycles. The number of carbonyl (C=O) groups is 1. The predicted octanol–water partition coefficient (Wildman–Crippen LogP) is 5.61. The number of aromatic nitrogens is 1. The normalized spacial score (nSPS) is 13.1. The number of nitrogens with one attached hydrogen (secondary N) is 1. The minimum Gasteiger partial charge on any atom is -0.478 e. The second-order valence-corrected chi connectivity index (χ2v) is 8.22. The maximum Gasteiger partial charge on any atom is 0.333 e. The van der Waals surface area contributed by atoms with Crippen LogP contribution in [-0.2, 0) is 4.79 Å². The van der Waals surface area contributed by atoms with Crippen LogP contribution in [0.3, 0.4) is 0 Å². The van der Waals surface area contributed by atoms with Gasteiger partial charge in [-0.05, 0) is 64.5 Å². The van der Waals surface area contributed by atoms with Crippen molar-refractivity contribution >= 4 is 16.9 Å². The van der Waals surface area contributed by atoms with E-state index in [0.717, 1.165) is 16.7 Å². The smallest absolute Gasteiger partial charge is 0.333 e. The topological polar surface area (TPSA) is 92.4 Å². The Morgan fingerprint density at radius 3 is 2.55 bits per heavy atom. The molecule has 0 saturated carbocycles. The van der Waals surface area contributed by atoms with E-state index in [1.807, 2.05) is 39.0 Å². The average Bonchev–Trinajstić information content (AvgIpc) is 2.78. The van der Waals surface area contributed by atoms with Gasteiger partial charge in [0.2, 0.25) is 0 Å². The van der Waals surface area contributed by atoms with E-state index >= 15 is 0 Å². The van der Waals surface area contributed by atoms with Crippen LogP contribution < -0.4 is 10.7 Å². The average molecular weight is 445 g/mol. The number of allylic oxidation sites excluding steroid dienone is 3. The third-order valence-corrected chi connectivity index (χ3v) is 5.39. The maximum absolute atomic E-state index is 13.2. The lowest BCUT2D eigenvalue weighted by Crippen LogP contribution is -2.21. The van der Waals surface area contributed by atoms with E-state index in [2.05, 4.69) is 16.9 Å². The van der Waals surface area contributed by atoms with Crippen LogP contribution in [0.15, 0.2) is 81.3 Å². The Hall–Kier alpha value is -3.93. The zero-order chi connectivity index (χ0) is 24.3. The first-order valence-corrected chi connectivity index (χ1v) is 10.6. The Balaban J connectivity index is 2.20. The third-order valence-electron chi connectivity index (χ3n) is 5.39. The lowest BCUT2D eigenvalue weighted by Gasteiger charge is -2.20. The van der Waals surface area contributed by atoms with Gasteiger partial charge in [0.1, 0.15) is 11.3 Å². The van der Waals surface area contributed by atoms with E-state index in [1.165, 1.54) is 6.92 Å². The van der Waals surface area contributed by atoms with Crippen LogP contribution in [-0.4, -0.2) is 16.1 Å². The van der Waals surface area contributed by atoms with Crippen molar-refractivity contribution in [1.29, 1.82) is 0 Å². The number of benzene rings is 1. The van der Waals surface area contributed by atoms with Crippen molar-refractivity contribution in [3.05, 3.63) is 99.0 Å². The number of aryl methyl sites for hydroxylation is 1. The Morgan fingerprint density at radius 1 is 1.21 bits per heavy atom. The fourth-order valence-corrected chi connectivity index (χ4v) is 3.56. The second kappa shape index (κ2) is 9.69. The monoisotopic (exact) mass is 444 g/mol. The van der Waals surface area contributed by atoms with Crippen LogP contribution in [0.4, 0.5) is 0 Å². The molecular weight excluding hydrogens is 416 g/mol. The summed E-state index contributed by atoms with van der Waals surface area (Å²) in [5.74, 6) is -0.602. The van der Waals surface area contributed by atoms with Crippen LogP contribution in [0.2, 0.25) is 0 Å². The molecule has 0 aliphatic carbocycles. The summed E-state index contributed by atoms with van der Waals surface area (Å²) in [6.07, 6.45) is 5.09. The molecule has 6 nitrogen and oxygen atoms in total. The van der Waals surface area contributed by atoms with Gasteiger partial charge in [-0.3, -0.25) is 9.78 Å². The summed E-state index contributed by atoms with van der Waals surface area (Å²) in [5.41, 5.74) is 4.47. The van der Waals surface area contributed by atoms with Crippen LogP contribution >= 0.6 is 0 Å². The molecule has 0 bridgehead atoms. The molecule has 0 spiro atoms. The minimum atomic E-state index is -1.02. The first-order chi connectivity index (χ1) is 15.6. The number of fused-ring (bicyclic) bond motifs is 1. The summed E-state index contributed by atoms with van der Waals surface area (Å²) in [4.78, 5) is 29.2. The van der Waals surface area contributed by atoms with Crippen molar-refractivity contribution in [2.75, 3.05) is 0 Å². The lowest BCUT2D eigenvalue weighted by molar-refractivity contribution is -0.132. The highest BCUT2D eigenvalue weighted by Gasteiger charge is 2.20. The number of hydrogen-bond donors (Lipinski definition) is 2. The van der Waals surface area contributed by atoms with E-state index in [0.29, 0.717) is 33.7 Å². The van der Waals surface area contributed by atoms with Crippen LogP contribution in [0, 0.1) is 13.8 Å². The molecule has 1 aromatic carbocycles. The first kappa shape index (κ1) is 23.7. The third kappa shape index (κ3) is 5.12. The van der Waals surface area contributed by atoms with Crippen molar-refractivity contribution < 1.29 is 14.3 Å². The van der Waals surface area contributed by atoms with Crippen molar-refractivity contribution in [2.24, 2.45) is 0 Å². The molecule has 2 N–H and O–H groups in total. The highest BCUT2D eigenvalue weighted by atomic mass is 16.4. The van der Waals surface area contributed by atoms with Gasteiger partial charge >= 0.3 is 5.97 Å². The first-order valence-electron chi connectivity index (χ1n) is 10.6. The molecular formula is C27H28N2O4. The van der Waals surface area contributed by atoms with E-state index in [9.17, 15) is 14.7 Å². The van der Waals surface area contributed by atoms with Crippen molar-refractivity contribution in [3.8, 4) is 11.5 Å². The van der Waals surface area contributed by atoms with E-state index < -0.39 is 5.97 Å². The summed E-state index contributed by atoms with van der Waals surface area (Å²) in [6, 6.07) is 8.84. The van der Waals surface area contributed by atoms with Gasteiger partial charge in [-0.2, -0.15) is 0 Å². The van der Waals surface area contributed by atoms with E-state index in [1.54, 1.807) is 37.4 Å². The Kier molecular flexibility index (Phi) is 6.97. The summed E-state index contributed by atoms with van der Waals surface area (Å²) in [5, 5.41) is 13.3. The number of rotatable bonds is 7. The number of pyridine rings is 1. The molecule has 3 rings (SSSR count). The Labute approximate surface area is 193 Å². The van der Waals surface area contributed by atoms with Gasteiger partial charge in [-0.15, -0.1) is 0 Å². The van der Waals surface area contributed by atoms with Crippen molar-refractivity contribution in [3.63, 3.8) is 0 Å². The Bertz CT molecular complexity index is 1350. The molecule has 6 heteroatoms. The van der Waals surface area contributed by atoms with Gasteiger partial charge in [0, 0.05) is 23.0 Å². The SMILES string of the molecule is C=C(C)/C=C\C(NC(C)c1cc(C)cc2c(=O)c(C)c(-c3ccccn3)oc12)=C(/C)C(=O)O. The zero-order valence-corrected chi connectivity index (χ0v) is 19.5. The van der Waals surface area contributed by atoms with Gasteiger partial charge in [-0.25, -0.2) is 4.79 Å². The Morgan fingerprint density at radius 2 is 1.94 bits per heavy atom. The fraction of sp³-hybridized carbons (Fsp3) is 0.222. The summed E-state index contributed by atoms with van der Waals surface area (Å²) in [7, 11) is 0. The number of carboxylic acid groups (broad SMARTS) is 1. The second-order valence-electron chi connectivity index (χ2n) is 8.22. The van der Waals surface area contributed by atoms with Crippen LogP contribution in [0.1, 0.15) is 43.5 Å². The molecule has 0 aliphatic rings. The molecule has 0 amide bonds. The molecule has 170 valence electrons. The highest BCUT2D eigenvalue weighted by molar-refractivity contribution is 5.87. The highest BCUT2D eigenvalue weighted by Crippen LogP contribution is 2.30. The lowest BCUT2D eigenvalue weighted by atomic mass is 9.99. The van der Waals surface area contributed by atoms with E-state index in [4.69, 9.17) is 4.42 Å². The van der Waals surface area contributed by atoms with Gasteiger partial charge in [-0.1, -0.05) is 30.4 Å². The standard InChI is InChI=1S/C27H28N2O4/c1-15(2)10-11-22(17(4)27(31)32)29-19(6)20-13-16(3)14-21-24(30)18(5)25(33-26(20)21)23-9-7-8-12-28-23/h7-14,19,29H,1H2,2-6H3,(H,31,32)/b11-10-,22-17-. The molecule has 33 heavy (non-hydrogen) atoms. The fourth-order valence-electron chi connectivity index (χ4n) is 3.56. The van der Waals surface area contributed by atoms with Crippen molar-refractivity contribution in [1.82, 2.24) is 10.3 Å². The number of nitrogens with zero attached hydrogens (tertiary/aromatic N) is 1. The zero-order valence-electron chi connectivity index (χ0n) is 19.5. The predicted molar refractivity (Wildman–Crippen MR) is 131 cm³/mol. The van der Waals surface area contributed by atoms with Crippen LogP contribution in [0.25, 0.3) is 22.4 Å². The maximum atomic E-state index is 13.2. The molecule has 0 fully saturated rings. The van der Waals surface area contributed by atoms with Gasteiger partial charge in [0.05, 0.1) is 17.0 Å². The number of hydrogen-bond acceptors (Lipinski definition) is 5. The van der Waals surface area contributed by atoms with Gasteiger partial charge in [0.25, 0.3) is 0 Å². The summed E-state index contributed by atoms with van der Waals surface area (Å²) >= 11 is 0. The molecule has 1 atom stereocenters. The molecule has 2 heterocycles. The number of carboxylic acids is 1. The molecule has 1 unspecified atom stereocenters. The van der Waals surface area contributed by atoms with Crippen LogP contribution in [0.5, 0.6) is 0 Å². The molecule has 0 aliphatic heterocycles. The quantitative estimate of drug-likeness (QED) is 0.363. The molecule has 0 saturated heterocycles.